The number of nitrogens with zero attached hydrogens (tertiary/aromatic N) is 2. The average molecular weight is 334 g/mol. The molecule has 7 heteroatoms. The fraction of sp³-hybridized carbons (Fsp3) is 0.471. The predicted octanol–water partition coefficient (Wildman–Crippen LogP) is 1.50. The molecule has 2 aliphatic heterocycles. The van der Waals surface area contributed by atoms with Crippen LogP contribution in [0.15, 0.2) is 24.3 Å². The van der Waals surface area contributed by atoms with Crippen LogP contribution in [0.5, 0.6) is 0 Å². The lowest BCUT2D eigenvalue weighted by Gasteiger charge is -2.32. The third-order valence-electron chi connectivity index (χ3n) is 4.70. The van der Waals surface area contributed by atoms with Crippen molar-refractivity contribution < 1.29 is 23.9 Å². The van der Waals surface area contributed by atoms with Crippen LogP contribution in [0.1, 0.15) is 19.3 Å². The van der Waals surface area contributed by atoms with E-state index in [-0.39, 0.29) is 37.0 Å². The van der Waals surface area contributed by atoms with E-state index in [4.69, 9.17) is 5.11 Å². The van der Waals surface area contributed by atoms with Gasteiger partial charge in [0.15, 0.2) is 0 Å². The summed E-state index contributed by atoms with van der Waals surface area (Å²) in [6, 6.07) is 5.98. The van der Waals surface area contributed by atoms with E-state index in [1.807, 2.05) is 0 Å². The summed E-state index contributed by atoms with van der Waals surface area (Å²) in [5.74, 6) is -3.00. The number of benzene rings is 1. The molecule has 6 nitrogen and oxygen atoms in total. The van der Waals surface area contributed by atoms with E-state index < -0.39 is 23.6 Å². The number of amides is 2. The van der Waals surface area contributed by atoms with E-state index in [1.165, 1.54) is 21.9 Å². The van der Waals surface area contributed by atoms with Crippen molar-refractivity contribution in [3.63, 3.8) is 0 Å². The van der Waals surface area contributed by atoms with Gasteiger partial charge < -0.3 is 14.9 Å². The van der Waals surface area contributed by atoms with Gasteiger partial charge in [0.25, 0.3) is 0 Å². The molecule has 2 saturated heterocycles. The zero-order valence-corrected chi connectivity index (χ0v) is 13.2. The Hall–Kier alpha value is -2.44. The van der Waals surface area contributed by atoms with Gasteiger partial charge in [-0.3, -0.25) is 14.4 Å². The van der Waals surface area contributed by atoms with Crippen LogP contribution >= 0.6 is 0 Å². The van der Waals surface area contributed by atoms with Gasteiger partial charge in [-0.05, 0) is 25.0 Å². The number of hydrogen-bond acceptors (Lipinski definition) is 3. The van der Waals surface area contributed by atoms with E-state index in [1.54, 1.807) is 12.1 Å². The van der Waals surface area contributed by atoms with Crippen LogP contribution in [0.25, 0.3) is 0 Å². The Morgan fingerprint density at radius 3 is 2.62 bits per heavy atom. The quantitative estimate of drug-likeness (QED) is 0.909. The number of carboxylic acids is 1. The first-order valence-corrected chi connectivity index (χ1v) is 8.04. The van der Waals surface area contributed by atoms with Crippen molar-refractivity contribution in [2.75, 3.05) is 24.5 Å². The lowest BCUT2D eigenvalue weighted by molar-refractivity contribution is -0.146. The maximum atomic E-state index is 13.9. The Morgan fingerprint density at radius 2 is 1.92 bits per heavy atom. The maximum absolute atomic E-state index is 13.9. The summed E-state index contributed by atoms with van der Waals surface area (Å²) in [7, 11) is 0. The van der Waals surface area contributed by atoms with Gasteiger partial charge >= 0.3 is 5.97 Å². The van der Waals surface area contributed by atoms with Gasteiger partial charge in [-0.1, -0.05) is 12.1 Å². The number of halogens is 1. The molecule has 24 heavy (non-hydrogen) atoms. The third kappa shape index (κ3) is 3.11. The van der Waals surface area contributed by atoms with E-state index in [2.05, 4.69) is 0 Å². The molecule has 0 unspecified atom stereocenters. The first kappa shape index (κ1) is 16.4. The van der Waals surface area contributed by atoms with E-state index in [0.29, 0.717) is 19.4 Å². The minimum Gasteiger partial charge on any atom is -0.481 e. The second-order valence-electron chi connectivity index (χ2n) is 6.32. The number of likely N-dealkylation sites (tertiary alicyclic amines) is 1. The van der Waals surface area contributed by atoms with Gasteiger partial charge in [-0.2, -0.15) is 0 Å². The molecule has 2 amide bonds. The highest BCUT2D eigenvalue weighted by Crippen LogP contribution is 2.29. The molecule has 0 radical (unpaired) electrons. The molecule has 128 valence electrons. The maximum Gasteiger partial charge on any atom is 0.308 e. The topological polar surface area (TPSA) is 77.9 Å². The molecular weight excluding hydrogens is 315 g/mol. The van der Waals surface area contributed by atoms with Crippen LogP contribution in [-0.4, -0.2) is 47.4 Å². The summed E-state index contributed by atoms with van der Waals surface area (Å²) in [5.41, 5.74) is 0.180. The molecule has 0 bridgehead atoms. The molecule has 0 saturated carbocycles. The fourth-order valence-corrected chi connectivity index (χ4v) is 3.41. The molecule has 2 atom stereocenters. The van der Waals surface area contributed by atoms with Crippen LogP contribution in [0.3, 0.4) is 0 Å². The summed E-state index contributed by atoms with van der Waals surface area (Å²) in [4.78, 5) is 38.8. The highest BCUT2D eigenvalue weighted by atomic mass is 19.1. The molecule has 2 fully saturated rings. The summed E-state index contributed by atoms with van der Waals surface area (Å²) < 4.78 is 13.9. The molecule has 3 rings (SSSR count). The molecule has 1 aromatic rings. The molecule has 2 heterocycles. The highest BCUT2D eigenvalue weighted by molar-refractivity contribution is 6.00. The third-order valence-corrected chi connectivity index (χ3v) is 4.70. The lowest BCUT2D eigenvalue weighted by atomic mass is 9.96. The zero-order chi connectivity index (χ0) is 17.3. The SMILES string of the molecule is O=C(O)[C@@H]1CCCN(C(=O)[C@@H]2CC(=O)N(c3ccccc3F)C2)C1. The van der Waals surface area contributed by atoms with Crippen molar-refractivity contribution in [2.24, 2.45) is 11.8 Å². The molecule has 1 N–H and O–H groups in total. The molecule has 0 aromatic heterocycles. The second kappa shape index (κ2) is 6.59. The molecule has 2 aliphatic rings. The Kier molecular flexibility index (Phi) is 4.51. The Labute approximate surface area is 138 Å². The second-order valence-corrected chi connectivity index (χ2v) is 6.32. The Balaban J connectivity index is 1.70. The normalized spacial score (nSPS) is 24.3. The highest BCUT2D eigenvalue weighted by Gasteiger charge is 2.39. The number of aliphatic carboxylic acids is 1. The van der Waals surface area contributed by atoms with Crippen molar-refractivity contribution in [1.29, 1.82) is 0 Å². The van der Waals surface area contributed by atoms with E-state index >= 15 is 0 Å². The van der Waals surface area contributed by atoms with Crippen molar-refractivity contribution in [2.45, 2.75) is 19.3 Å². The van der Waals surface area contributed by atoms with E-state index in [0.717, 1.165) is 0 Å². The van der Waals surface area contributed by atoms with Crippen molar-refractivity contribution in [3.8, 4) is 0 Å². The monoisotopic (exact) mass is 334 g/mol. The standard InChI is InChI=1S/C17H19FN2O4/c18-13-5-1-2-6-14(13)20-10-12(8-15(20)21)16(22)19-7-3-4-11(9-19)17(23)24/h1-2,5-6,11-12H,3-4,7-10H2,(H,23,24)/t11-,12-/m1/s1. The predicted molar refractivity (Wildman–Crippen MR) is 83.8 cm³/mol. The van der Waals surface area contributed by atoms with Crippen LogP contribution in [0, 0.1) is 17.7 Å². The molecule has 0 aliphatic carbocycles. The van der Waals surface area contributed by atoms with Gasteiger partial charge in [-0.15, -0.1) is 0 Å². The van der Waals surface area contributed by atoms with Crippen LogP contribution < -0.4 is 4.90 Å². The summed E-state index contributed by atoms with van der Waals surface area (Å²) in [5, 5.41) is 9.12. The number of piperidine rings is 1. The van der Waals surface area contributed by atoms with Crippen molar-refractivity contribution in [3.05, 3.63) is 30.1 Å². The number of carbonyl (C=O) groups excluding carboxylic acids is 2. The Morgan fingerprint density at radius 1 is 1.17 bits per heavy atom. The van der Waals surface area contributed by atoms with Gasteiger partial charge in [0.1, 0.15) is 5.82 Å². The number of carbonyl (C=O) groups is 3. The zero-order valence-electron chi connectivity index (χ0n) is 13.2. The first-order chi connectivity index (χ1) is 11.5. The molecule has 0 spiro atoms. The fourth-order valence-electron chi connectivity index (χ4n) is 3.41. The number of hydrogen-bond donors (Lipinski definition) is 1. The summed E-state index contributed by atoms with van der Waals surface area (Å²) in [6.07, 6.45) is 1.23. The van der Waals surface area contributed by atoms with Crippen LogP contribution in [-0.2, 0) is 14.4 Å². The van der Waals surface area contributed by atoms with Gasteiger partial charge in [-0.25, -0.2) is 4.39 Å². The average Bonchev–Trinajstić information content (AvgIpc) is 2.96. The summed E-state index contributed by atoms with van der Waals surface area (Å²) >= 11 is 0. The first-order valence-electron chi connectivity index (χ1n) is 8.04. The number of anilines is 1. The minimum atomic E-state index is -0.900. The summed E-state index contributed by atoms with van der Waals surface area (Å²) in [6.45, 7) is 0.818. The number of rotatable bonds is 3. The van der Waals surface area contributed by atoms with Crippen molar-refractivity contribution in [1.82, 2.24) is 4.90 Å². The van der Waals surface area contributed by atoms with Crippen molar-refractivity contribution >= 4 is 23.5 Å². The van der Waals surface area contributed by atoms with Gasteiger partial charge in [0.05, 0.1) is 17.5 Å². The number of carboxylic acid groups (broad SMARTS) is 1. The molecular formula is C17H19FN2O4. The van der Waals surface area contributed by atoms with Crippen LogP contribution in [0.4, 0.5) is 10.1 Å². The van der Waals surface area contributed by atoms with E-state index in [9.17, 15) is 18.8 Å². The largest absolute Gasteiger partial charge is 0.481 e. The smallest absolute Gasteiger partial charge is 0.308 e. The lowest BCUT2D eigenvalue weighted by Crippen LogP contribution is -2.45. The number of para-hydroxylation sites is 1. The van der Waals surface area contributed by atoms with Gasteiger partial charge in [0, 0.05) is 26.1 Å². The molecule has 1 aromatic carbocycles. The van der Waals surface area contributed by atoms with Crippen LogP contribution in [0.2, 0.25) is 0 Å². The minimum absolute atomic E-state index is 0.0292. The van der Waals surface area contributed by atoms with Gasteiger partial charge in [0.2, 0.25) is 11.8 Å². The Bertz CT molecular complexity index is 678.